The lowest BCUT2D eigenvalue weighted by atomic mass is 9.86. The Morgan fingerprint density at radius 1 is 1.58 bits per heavy atom. The Hall–Kier alpha value is -0.805. The number of aromatic nitrogens is 2. The molecule has 0 unspecified atom stereocenters. The Morgan fingerprint density at radius 3 is 2.67 bits per heavy atom. The summed E-state index contributed by atoms with van der Waals surface area (Å²) in [4.78, 5) is 0. The van der Waals surface area contributed by atoms with Crippen molar-refractivity contribution in [2.45, 2.75) is 18.8 Å². The molecular formula is C7H11BN2O2. The number of hydrogen-bond acceptors (Lipinski definition) is 3. The van der Waals surface area contributed by atoms with Crippen molar-refractivity contribution in [3.8, 4) is 0 Å². The maximum Gasteiger partial charge on any atom is 0.507 e. The lowest BCUT2D eigenvalue weighted by molar-refractivity contribution is 0.421. The van der Waals surface area contributed by atoms with E-state index in [1.807, 2.05) is 0 Å². The van der Waals surface area contributed by atoms with Gasteiger partial charge in [0, 0.05) is 13.0 Å². The fourth-order valence-electron chi connectivity index (χ4n) is 1.32. The van der Waals surface area contributed by atoms with Crippen molar-refractivity contribution in [3.63, 3.8) is 0 Å². The van der Waals surface area contributed by atoms with Gasteiger partial charge in [-0.05, 0) is 18.9 Å². The van der Waals surface area contributed by atoms with Crippen molar-refractivity contribution in [1.29, 1.82) is 0 Å². The first-order chi connectivity index (χ1) is 5.68. The van der Waals surface area contributed by atoms with Crippen LogP contribution in [-0.2, 0) is 7.05 Å². The first-order valence-corrected chi connectivity index (χ1v) is 4.08. The quantitative estimate of drug-likeness (QED) is 0.552. The van der Waals surface area contributed by atoms with Crippen LogP contribution in [0.3, 0.4) is 0 Å². The van der Waals surface area contributed by atoms with Crippen molar-refractivity contribution in [2.24, 2.45) is 7.05 Å². The molecule has 0 spiro atoms. The summed E-state index contributed by atoms with van der Waals surface area (Å²) in [5.41, 5.74) is 1.46. The Labute approximate surface area is 71.0 Å². The smallest absolute Gasteiger partial charge is 0.422 e. The van der Waals surface area contributed by atoms with Gasteiger partial charge in [-0.25, -0.2) is 0 Å². The molecule has 2 rings (SSSR count). The van der Waals surface area contributed by atoms with E-state index in [4.69, 9.17) is 10.0 Å². The minimum atomic E-state index is -1.41. The average molecular weight is 166 g/mol. The summed E-state index contributed by atoms with van der Waals surface area (Å²) in [6, 6.07) is 1.77. The van der Waals surface area contributed by atoms with Crippen LogP contribution in [0, 0.1) is 0 Å². The van der Waals surface area contributed by atoms with Gasteiger partial charge in [0.1, 0.15) is 0 Å². The Morgan fingerprint density at radius 2 is 2.25 bits per heavy atom. The maximum absolute atomic E-state index is 8.91. The van der Waals surface area contributed by atoms with E-state index in [1.165, 1.54) is 17.5 Å². The van der Waals surface area contributed by atoms with Crippen LogP contribution in [0.25, 0.3) is 0 Å². The fraction of sp³-hybridized carbons (Fsp3) is 0.571. The summed E-state index contributed by atoms with van der Waals surface area (Å²) in [6.45, 7) is 0. The lowest BCUT2D eigenvalue weighted by Gasteiger charge is -1.96. The van der Waals surface area contributed by atoms with E-state index < -0.39 is 7.12 Å². The van der Waals surface area contributed by atoms with Gasteiger partial charge in [0.15, 0.2) is 0 Å². The van der Waals surface area contributed by atoms with Crippen molar-refractivity contribution >= 4 is 12.7 Å². The molecule has 0 amide bonds. The molecule has 1 saturated carbocycles. The van der Waals surface area contributed by atoms with Crippen LogP contribution in [0.2, 0.25) is 0 Å². The molecule has 1 aromatic rings. The Balaban J connectivity index is 2.30. The van der Waals surface area contributed by atoms with E-state index in [0.717, 1.165) is 5.69 Å². The van der Waals surface area contributed by atoms with E-state index >= 15 is 0 Å². The SMILES string of the molecule is Cn1nc(C2CC2)cc1B(O)O. The van der Waals surface area contributed by atoms with Crippen LogP contribution >= 0.6 is 0 Å². The van der Waals surface area contributed by atoms with Gasteiger partial charge in [0.25, 0.3) is 0 Å². The zero-order valence-electron chi connectivity index (χ0n) is 6.94. The standard InChI is InChI=1S/C7H11BN2O2/c1-10-7(8(11)12)4-6(9-10)5-2-3-5/h4-5,11-12H,2-3H2,1H3. The summed E-state index contributed by atoms with van der Waals surface area (Å²) in [7, 11) is 0.315. The highest BCUT2D eigenvalue weighted by atomic mass is 16.4. The third-order valence-electron chi connectivity index (χ3n) is 2.20. The van der Waals surface area contributed by atoms with E-state index in [2.05, 4.69) is 5.10 Å². The van der Waals surface area contributed by atoms with Gasteiger partial charge in [0.2, 0.25) is 0 Å². The molecule has 0 saturated heterocycles. The molecule has 0 aromatic carbocycles. The third-order valence-corrected chi connectivity index (χ3v) is 2.20. The molecule has 0 aliphatic heterocycles. The Bertz CT molecular complexity index is 294. The van der Waals surface area contributed by atoms with E-state index in [0.29, 0.717) is 11.5 Å². The molecule has 0 atom stereocenters. The summed E-state index contributed by atoms with van der Waals surface area (Å²) >= 11 is 0. The molecule has 1 heterocycles. The second-order valence-electron chi connectivity index (χ2n) is 3.27. The summed E-state index contributed by atoms with van der Waals surface area (Å²) in [5.74, 6) is 0.559. The molecule has 0 radical (unpaired) electrons. The van der Waals surface area contributed by atoms with E-state index in [-0.39, 0.29) is 0 Å². The van der Waals surface area contributed by atoms with Crippen LogP contribution < -0.4 is 5.59 Å². The Kier molecular flexibility index (Phi) is 1.70. The van der Waals surface area contributed by atoms with Gasteiger partial charge in [-0.3, -0.25) is 4.68 Å². The van der Waals surface area contributed by atoms with Gasteiger partial charge >= 0.3 is 7.12 Å². The van der Waals surface area contributed by atoms with Crippen LogP contribution in [0.15, 0.2) is 6.07 Å². The molecule has 5 heteroatoms. The first kappa shape index (κ1) is 7.82. The summed E-state index contributed by atoms with van der Waals surface area (Å²) in [5, 5.41) is 22.0. The van der Waals surface area contributed by atoms with Crippen molar-refractivity contribution in [3.05, 3.63) is 11.8 Å². The molecule has 12 heavy (non-hydrogen) atoms. The van der Waals surface area contributed by atoms with Crippen molar-refractivity contribution in [2.75, 3.05) is 0 Å². The molecule has 4 nitrogen and oxygen atoms in total. The number of hydrogen-bond donors (Lipinski definition) is 2. The average Bonchev–Trinajstić information content (AvgIpc) is 2.75. The number of nitrogens with zero attached hydrogens (tertiary/aromatic N) is 2. The molecule has 1 fully saturated rings. The van der Waals surface area contributed by atoms with Crippen LogP contribution in [0.1, 0.15) is 24.5 Å². The number of aryl methyl sites for hydroxylation is 1. The van der Waals surface area contributed by atoms with Gasteiger partial charge in [-0.15, -0.1) is 0 Å². The molecule has 0 bridgehead atoms. The molecule has 1 aromatic heterocycles. The van der Waals surface area contributed by atoms with Crippen LogP contribution in [0.4, 0.5) is 0 Å². The van der Waals surface area contributed by atoms with Crippen molar-refractivity contribution in [1.82, 2.24) is 9.78 Å². The fourth-order valence-corrected chi connectivity index (χ4v) is 1.32. The predicted molar refractivity (Wildman–Crippen MR) is 45.0 cm³/mol. The lowest BCUT2D eigenvalue weighted by Crippen LogP contribution is -2.35. The van der Waals surface area contributed by atoms with Gasteiger partial charge in [-0.1, -0.05) is 0 Å². The molecular weight excluding hydrogens is 155 g/mol. The highest BCUT2D eigenvalue weighted by Gasteiger charge is 2.28. The largest absolute Gasteiger partial charge is 0.507 e. The highest BCUT2D eigenvalue weighted by Crippen LogP contribution is 2.38. The molecule has 1 aliphatic rings. The monoisotopic (exact) mass is 166 g/mol. The topological polar surface area (TPSA) is 58.3 Å². The predicted octanol–water partition coefficient (Wildman–Crippen LogP) is -1.02. The minimum Gasteiger partial charge on any atom is -0.422 e. The highest BCUT2D eigenvalue weighted by molar-refractivity contribution is 6.57. The van der Waals surface area contributed by atoms with Crippen molar-refractivity contribution < 1.29 is 10.0 Å². The summed E-state index contributed by atoms with van der Waals surface area (Å²) in [6.07, 6.45) is 2.36. The van der Waals surface area contributed by atoms with Gasteiger partial charge in [0.05, 0.1) is 11.3 Å². The maximum atomic E-state index is 8.91. The van der Waals surface area contributed by atoms with Gasteiger partial charge < -0.3 is 10.0 Å². The normalized spacial score (nSPS) is 16.6. The third kappa shape index (κ3) is 1.25. The first-order valence-electron chi connectivity index (χ1n) is 4.08. The number of rotatable bonds is 2. The molecule has 1 aliphatic carbocycles. The minimum absolute atomic E-state index is 0.469. The zero-order valence-corrected chi connectivity index (χ0v) is 6.94. The molecule has 64 valence electrons. The second kappa shape index (κ2) is 2.60. The van der Waals surface area contributed by atoms with Gasteiger partial charge in [-0.2, -0.15) is 5.10 Å². The van der Waals surface area contributed by atoms with E-state index in [1.54, 1.807) is 13.1 Å². The van der Waals surface area contributed by atoms with Crippen LogP contribution in [0.5, 0.6) is 0 Å². The molecule has 2 N–H and O–H groups in total. The van der Waals surface area contributed by atoms with Crippen LogP contribution in [-0.4, -0.2) is 26.9 Å². The summed E-state index contributed by atoms with van der Waals surface area (Å²) < 4.78 is 1.53. The van der Waals surface area contributed by atoms with E-state index in [9.17, 15) is 0 Å². The second-order valence-corrected chi connectivity index (χ2v) is 3.27. The zero-order chi connectivity index (χ0) is 8.72.